The number of hydrogen-bond donors (Lipinski definition) is 3. The molecule has 1 fully saturated rings. The van der Waals surface area contributed by atoms with Crippen LogP contribution in [-0.2, 0) is 9.53 Å². The number of aliphatic carboxylic acids is 1. The number of aliphatic hydroxyl groups is 2. The standard InChI is InChI=1S/C7H12O5/c1-3-5(9)4(2-8)12-6(3)7(10)11/h3-6,8-9H,2H2,1H3,(H,10,11)/t3-,4-,5+,6-/m0/s1. The van der Waals surface area contributed by atoms with E-state index in [1.165, 1.54) is 0 Å². The van der Waals surface area contributed by atoms with Gasteiger partial charge in [0.15, 0.2) is 6.10 Å². The molecule has 0 unspecified atom stereocenters. The van der Waals surface area contributed by atoms with Gasteiger partial charge in [0.1, 0.15) is 6.10 Å². The second-order valence-electron chi connectivity index (χ2n) is 2.97. The first kappa shape index (κ1) is 9.44. The summed E-state index contributed by atoms with van der Waals surface area (Å²) in [6.07, 6.45) is -2.66. The van der Waals surface area contributed by atoms with Gasteiger partial charge in [-0.05, 0) is 0 Å². The zero-order valence-electron chi connectivity index (χ0n) is 6.67. The molecule has 1 aliphatic heterocycles. The van der Waals surface area contributed by atoms with E-state index in [4.69, 9.17) is 14.9 Å². The Bertz CT molecular complexity index is 181. The van der Waals surface area contributed by atoms with E-state index in [0.717, 1.165) is 0 Å². The third-order valence-electron chi connectivity index (χ3n) is 2.14. The van der Waals surface area contributed by atoms with Gasteiger partial charge in [0, 0.05) is 5.92 Å². The fourth-order valence-electron chi connectivity index (χ4n) is 1.34. The molecule has 0 amide bonds. The largest absolute Gasteiger partial charge is 0.479 e. The van der Waals surface area contributed by atoms with Crippen molar-refractivity contribution in [1.82, 2.24) is 0 Å². The van der Waals surface area contributed by atoms with Crippen molar-refractivity contribution in [1.29, 1.82) is 0 Å². The van der Waals surface area contributed by atoms with Crippen molar-refractivity contribution in [2.45, 2.75) is 25.2 Å². The van der Waals surface area contributed by atoms with Crippen molar-refractivity contribution >= 4 is 5.97 Å². The van der Waals surface area contributed by atoms with Crippen LogP contribution in [0.5, 0.6) is 0 Å². The topological polar surface area (TPSA) is 87.0 Å². The summed E-state index contributed by atoms with van der Waals surface area (Å²) in [5, 5.41) is 26.6. The number of hydrogen-bond acceptors (Lipinski definition) is 4. The maximum atomic E-state index is 10.5. The Kier molecular flexibility index (Phi) is 2.66. The SMILES string of the molecule is C[C@H]1[C@@H](O)[C@H](CO)O[C@@H]1C(=O)O. The van der Waals surface area contributed by atoms with Gasteiger partial charge >= 0.3 is 5.97 Å². The van der Waals surface area contributed by atoms with E-state index in [2.05, 4.69) is 0 Å². The molecule has 0 aromatic heterocycles. The zero-order valence-corrected chi connectivity index (χ0v) is 6.67. The number of carboxylic acid groups (broad SMARTS) is 1. The summed E-state index contributed by atoms with van der Waals surface area (Å²) in [5.74, 6) is -1.57. The summed E-state index contributed by atoms with van der Waals surface area (Å²) in [4.78, 5) is 10.5. The minimum Gasteiger partial charge on any atom is -0.479 e. The van der Waals surface area contributed by atoms with E-state index in [9.17, 15) is 9.90 Å². The van der Waals surface area contributed by atoms with E-state index >= 15 is 0 Å². The van der Waals surface area contributed by atoms with Crippen molar-refractivity contribution in [3.05, 3.63) is 0 Å². The Morgan fingerprint density at radius 3 is 2.42 bits per heavy atom. The summed E-state index contributed by atoms with van der Waals surface area (Å²) in [6, 6.07) is 0. The van der Waals surface area contributed by atoms with Crippen LogP contribution >= 0.6 is 0 Å². The first-order valence-electron chi connectivity index (χ1n) is 3.75. The minimum atomic E-state index is -1.10. The Balaban J connectivity index is 2.66. The van der Waals surface area contributed by atoms with E-state index in [-0.39, 0.29) is 6.61 Å². The molecule has 0 bridgehead atoms. The number of ether oxygens (including phenoxy) is 1. The van der Waals surface area contributed by atoms with Gasteiger partial charge in [0.25, 0.3) is 0 Å². The Hall–Kier alpha value is -0.650. The number of carboxylic acids is 1. The van der Waals surface area contributed by atoms with E-state index in [0.29, 0.717) is 0 Å². The highest BCUT2D eigenvalue weighted by molar-refractivity contribution is 5.73. The summed E-state index contributed by atoms with van der Waals surface area (Å²) in [6.45, 7) is 1.23. The van der Waals surface area contributed by atoms with Crippen LogP contribution in [0.25, 0.3) is 0 Å². The maximum Gasteiger partial charge on any atom is 0.333 e. The molecule has 5 nitrogen and oxygen atoms in total. The predicted octanol–water partition coefficient (Wildman–Crippen LogP) is -1.17. The van der Waals surface area contributed by atoms with E-state index < -0.39 is 30.2 Å². The fourth-order valence-corrected chi connectivity index (χ4v) is 1.34. The number of rotatable bonds is 2. The molecule has 0 spiro atoms. The second kappa shape index (κ2) is 3.38. The average Bonchev–Trinajstić information content (AvgIpc) is 2.30. The van der Waals surface area contributed by atoms with Gasteiger partial charge in [-0.15, -0.1) is 0 Å². The van der Waals surface area contributed by atoms with Gasteiger partial charge < -0.3 is 20.1 Å². The quantitative estimate of drug-likeness (QED) is 0.493. The van der Waals surface area contributed by atoms with Crippen LogP contribution in [0.3, 0.4) is 0 Å². The highest BCUT2D eigenvalue weighted by Crippen LogP contribution is 2.26. The minimum absolute atomic E-state index is 0.352. The summed E-state index contributed by atoms with van der Waals surface area (Å²) < 4.78 is 4.90. The number of carbonyl (C=O) groups is 1. The van der Waals surface area contributed by atoms with Crippen LogP contribution in [-0.4, -0.2) is 46.2 Å². The normalized spacial score (nSPS) is 41.6. The summed E-state index contributed by atoms with van der Waals surface area (Å²) in [7, 11) is 0. The van der Waals surface area contributed by atoms with Crippen LogP contribution < -0.4 is 0 Å². The molecular weight excluding hydrogens is 164 g/mol. The highest BCUT2D eigenvalue weighted by atomic mass is 16.6. The Labute approximate surface area is 69.6 Å². The molecular formula is C7H12O5. The molecule has 1 saturated heterocycles. The number of aliphatic hydroxyl groups excluding tert-OH is 2. The first-order chi connectivity index (χ1) is 5.57. The predicted molar refractivity (Wildman–Crippen MR) is 38.6 cm³/mol. The molecule has 0 aromatic rings. The van der Waals surface area contributed by atoms with Gasteiger partial charge in [-0.3, -0.25) is 0 Å². The molecule has 5 heteroatoms. The van der Waals surface area contributed by atoms with Crippen molar-refractivity contribution in [3.8, 4) is 0 Å². The van der Waals surface area contributed by atoms with E-state index in [1.54, 1.807) is 6.92 Å². The van der Waals surface area contributed by atoms with Crippen LogP contribution in [0.4, 0.5) is 0 Å². The Morgan fingerprint density at radius 1 is 1.58 bits per heavy atom. The van der Waals surface area contributed by atoms with E-state index in [1.807, 2.05) is 0 Å². The van der Waals surface area contributed by atoms with Crippen LogP contribution in [0.2, 0.25) is 0 Å². The lowest BCUT2D eigenvalue weighted by Crippen LogP contribution is -2.29. The molecule has 3 N–H and O–H groups in total. The molecule has 0 aliphatic carbocycles. The van der Waals surface area contributed by atoms with Crippen molar-refractivity contribution in [2.24, 2.45) is 5.92 Å². The molecule has 1 heterocycles. The molecule has 4 atom stereocenters. The molecule has 1 rings (SSSR count). The molecule has 0 saturated carbocycles. The maximum absolute atomic E-state index is 10.5. The summed E-state index contributed by atoms with van der Waals surface area (Å²) >= 11 is 0. The monoisotopic (exact) mass is 176 g/mol. The van der Waals surface area contributed by atoms with Gasteiger partial charge in [0.05, 0.1) is 12.7 Å². The van der Waals surface area contributed by atoms with Crippen molar-refractivity contribution in [3.63, 3.8) is 0 Å². The molecule has 0 aromatic carbocycles. The lowest BCUT2D eigenvalue weighted by atomic mass is 9.99. The third-order valence-corrected chi connectivity index (χ3v) is 2.14. The van der Waals surface area contributed by atoms with Crippen molar-refractivity contribution in [2.75, 3.05) is 6.61 Å². The van der Waals surface area contributed by atoms with Crippen LogP contribution in [0, 0.1) is 5.92 Å². The molecule has 12 heavy (non-hydrogen) atoms. The average molecular weight is 176 g/mol. The highest BCUT2D eigenvalue weighted by Gasteiger charge is 2.44. The second-order valence-corrected chi connectivity index (χ2v) is 2.97. The summed E-state index contributed by atoms with van der Waals surface area (Å²) in [5.41, 5.74) is 0. The third kappa shape index (κ3) is 1.43. The molecule has 1 aliphatic rings. The first-order valence-corrected chi connectivity index (χ1v) is 3.75. The lowest BCUT2D eigenvalue weighted by Gasteiger charge is -2.11. The lowest BCUT2D eigenvalue weighted by molar-refractivity contribution is -0.151. The van der Waals surface area contributed by atoms with Crippen molar-refractivity contribution < 1.29 is 24.9 Å². The molecule has 0 radical (unpaired) electrons. The Morgan fingerprint density at radius 2 is 2.17 bits per heavy atom. The van der Waals surface area contributed by atoms with Crippen LogP contribution in [0.15, 0.2) is 0 Å². The fraction of sp³-hybridized carbons (Fsp3) is 0.857. The van der Waals surface area contributed by atoms with Gasteiger partial charge in [-0.25, -0.2) is 4.79 Å². The van der Waals surface area contributed by atoms with Crippen LogP contribution in [0.1, 0.15) is 6.92 Å². The van der Waals surface area contributed by atoms with Gasteiger partial charge in [0.2, 0.25) is 0 Å². The smallest absolute Gasteiger partial charge is 0.333 e. The zero-order chi connectivity index (χ0) is 9.30. The molecule has 70 valence electrons. The van der Waals surface area contributed by atoms with Gasteiger partial charge in [-0.1, -0.05) is 6.92 Å². The van der Waals surface area contributed by atoms with Gasteiger partial charge in [-0.2, -0.15) is 0 Å².